The molecule has 1 aromatic heterocycles. The number of hydrogen-bond donors (Lipinski definition) is 1. The molecular weight excluding hydrogens is 286 g/mol. The van der Waals surface area contributed by atoms with Crippen molar-refractivity contribution in [2.24, 2.45) is 0 Å². The molecule has 1 aliphatic heterocycles. The zero-order chi connectivity index (χ0) is 15.6. The average Bonchev–Trinajstić information content (AvgIpc) is 3.19. The van der Waals surface area contributed by atoms with Gasteiger partial charge in [0, 0.05) is 20.1 Å². The zero-order valence-corrected chi connectivity index (χ0v) is 13.4. The second-order valence-electron chi connectivity index (χ2n) is 6.61. The van der Waals surface area contributed by atoms with E-state index >= 15 is 0 Å². The van der Waals surface area contributed by atoms with Crippen molar-refractivity contribution in [1.29, 1.82) is 0 Å². The van der Waals surface area contributed by atoms with E-state index in [1.165, 1.54) is 0 Å². The molecule has 7 heteroatoms. The molecule has 0 aromatic carbocycles. The summed E-state index contributed by atoms with van der Waals surface area (Å²) in [6.07, 6.45) is 4.67. The molecule has 1 aromatic rings. The van der Waals surface area contributed by atoms with Crippen molar-refractivity contribution in [3.63, 3.8) is 0 Å². The molecular formula is C15H25N3O4. The number of nitrogens with zero attached hydrogens (tertiary/aromatic N) is 3. The molecule has 2 fully saturated rings. The van der Waals surface area contributed by atoms with E-state index in [1.807, 2.05) is 11.9 Å². The highest BCUT2D eigenvalue weighted by Gasteiger charge is 2.42. The second kappa shape index (κ2) is 6.23. The summed E-state index contributed by atoms with van der Waals surface area (Å²) in [4.78, 5) is 2.03. The highest BCUT2D eigenvalue weighted by molar-refractivity contribution is 5.01. The van der Waals surface area contributed by atoms with Gasteiger partial charge in [0.2, 0.25) is 5.89 Å². The smallest absolute Gasteiger partial charge is 0.250 e. The second-order valence-corrected chi connectivity index (χ2v) is 6.61. The van der Waals surface area contributed by atoms with Gasteiger partial charge in [-0.3, -0.25) is 4.90 Å². The Morgan fingerprint density at radius 2 is 2.05 bits per heavy atom. The number of aliphatic hydroxyl groups is 1. The molecule has 0 bridgehead atoms. The monoisotopic (exact) mass is 311 g/mol. The van der Waals surface area contributed by atoms with Crippen molar-refractivity contribution in [1.82, 2.24) is 15.1 Å². The summed E-state index contributed by atoms with van der Waals surface area (Å²) in [7, 11) is 3.60. The van der Waals surface area contributed by atoms with Gasteiger partial charge >= 0.3 is 0 Å². The normalized spacial score (nSPS) is 27.8. The summed E-state index contributed by atoms with van der Waals surface area (Å²) in [5.74, 6) is 1.03. The van der Waals surface area contributed by atoms with Gasteiger partial charge in [-0.1, -0.05) is 12.8 Å². The van der Waals surface area contributed by atoms with Gasteiger partial charge in [-0.05, 0) is 19.9 Å². The summed E-state index contributed by atoms with van der Waals surface area (Å²) in [5, 5.41) is 18.7. The first-order chi connectivity index (χ1) is 10.6. The van der Waals surface area contributed by atoms with Gasteiger partial charge in [0.25, 0.3) is 5.89 Å². The fourth-order valence-electron chi connectivity index (χ4n) is 3.45. The number of methoxy groups -OCH3 is 1. The average molecular weight is 311 g/mol. The van der Waals surface area contributed by atoms with Gasteiger partial charge in [-0.2, -0.15) is 0 Å². The fraction of sp³-hybridized carbons (Fsp3) is 0.867. The van der Waals surface area contributed by atoms with Crippen LogP contribution in [0.4, 0.5) is 0 Å². The molecule has 0 spiro atoms. The van der Waals surface area contributed by atoms with Crippen LogP contribution in [0.1, 0.15) is 43.9 Å². The highest BCUT2D eigenvalue weighted by atomic mass is 16.6. The third-order valence-corrected chi connectivity index (χ3v) is 4.74. The van der Waals surface area contributed by atoms with E-state index in [2.05, 4.69) is 10.2 Å². The maximum Gasteiger partial charge on any atom is 0.250 e. The Labute approximate surface area is 130 Å². The van der Waals surface area contributed by atoms with E-state index in [4.69, 9.17) is 13.9 Å². The van der Waals surface area contributed by atoms with Crippen molar-refractivity contribution < 1.29 is 19.0 Å². The lowest BCUT2D eigenvalue weighted by Crippen LogP contribution is -2.38. The zero-order valence-electron chi connectivity index (χ0n) is 13.4. The SMILES string of the molecule is COC1(c2nnc(CN(C)CC3(O)CCCC3)o2)CCOC1. The molecule has 1 unspecified atom stereocenters. The third-order valence-electron chi connectivity index (χ3n) is 4.74. The quantitative estimate of drug-likeness (QED) is 0.841. The Balaban J connectivity index is 1.61. The van der Waals surface area contributed by atoms with Crippen LogP contribution in [-0.2, 0) is 21.6 Å². The predicted octanol–water partition coefficient (Wildman–Crippen LogP) is 1.07. The number of likely N-dealkylation sites (N-methyl/N-ethyl adjacent to an activating group) is 1. The van der Waals surface area contributed by atoms with E-state index in [-0.39, 0.29) is 0 Å². The lowest BCUT2D eigenvalue weighted by molar-refractivity contribution is -0.0422. The van der Waals surface area contributed by atoms with Crippen LogP contribution in [0.15, 0.2) is 4.42 Å². The fourth-order valence-corrected chi connectivity index (χ4v) is 3.45. The summed E-state index contributed by atoms with van der Waals surface area (Å²) in [5.41, 5.74) is -1.17. The molecule has 0 radical (unpaired) electrons. The Hall–Kier alpha value is -1.02. The van der Waals surface area contributed by atoms with Gasteiger partial charge in [-0.25, -0.2) is 0 Å². The van der Waals surface area contributed by atoms with E-state index in [0.29, 0.717) is 38.1 Å². The van der Waals surface area contributed by atoms with Crippen LogP contribution < -0.4 is 0 Å². The Morgan fingerprint density at radius 1 is 1.27 bits per heavy atom. The maximum absolute atomic E-state index is 10.5. The van der Waals surface area contributed by atoms with Crippen molar-refractivity contribution in [3.8, 4) is 0 Å². The molecule has 7 nitrogen and oxygen atoms in total. The first-order valence-corrected chi connectivity index (χ1v) is 7.92. The Kier molecular flexibility index (Phi) is 4.49. The van der Waals surface area contributed by atoms with Crippen molar-refractivity contribution >= 4 is 0 Å². The van der Waals surface area contributed by atoms with Gasteiger partial charge < -0.3 is 19.0 Å². The van der Waals surface area contributed by atoms with Gasteiger partial charge in [-0.15, -0.1) is 10.2 Å². The van der Waals surface area contributed by atoms with Crippen LogP contribution in [0.25, 0.3) is 0 Å². The molecule has 124 valence electrons. The van der Waals surface area contributed by atoms with Gasteiger partial charge in [0.15, 0.2) is 5.60 Å². The summed E-state index contributed by atoms with van der Waals surface area (Å²) < 4.78 is 16.7. The molecule has 2 aliphatic rings. The van der Waals surface area contributed by atoms with Crippen molar-refractivity contribution in [3.05, 3.63) is 11.8 Å². The summed E-state index contributed by atoms with van der Waals surface area (Å²) in [6, 6.07) is 0. The standard InChI is InChI=1S/C15H25N3O4/c1-18(10-14(19)5-3-4-6-14)9-12-16-17-13(22-12)15(20-2)7-8-21-11-15/h19H,3-11H2,1-2H3. The van der Waals surface area contributed by atoms with Crippen molar-refractivity contribution in [2.75, 3.05) is 33.9 Å². The van der Waals surface area contributed by atoms with Crippen molar-refractivity contribution in [2.45, 2.75) is 49.9 Å². The van der Waals surface area contributed by atoms with Gasteiger partial charge in [0.1, 0.15) is 0 Å². The van der Waals surface area contributed by atoms with E-state index in [0.717, 1.165) is 32.1 Å². The minimum atomic E-state index is -0.604. The molecule has 2 heterocycles. The lowest BCUT2D eigenvalue weighted by atomic mass is 10.0. The number of ether oxygens (including phenoxy) is 2. The minimum absolute atomic E-state index is 0.445. The first kappa shape index (κ1) is 15.9. The first-order valence-electron chi connectivity index (χ1n) is 7.92. The summed E-state index contributed by atoms with van der Waals surface area (Å²) >= 11 is 0. The molecule has 1 atom stereocenters. The molecule has 1 saturated heterocycles. The number of rotatable bonds is 6. The number of aromatic nitrogens is 2. The van der Waals surface area contributed by atoms with Crippen LogP contribution >= 0.6 is 0 Å². The highest BCUT2D eigenvalue weighted by Crippen LogP contribution is 2.33. The van der Waals surface area contributed by atoms with E-state index in [1.54, 1.807) is 7.11 Å². The molecule has 0 amide bonds. The van der Waals surface area contributed by atoms with Crippen LogP contribution in [0.2, 0.25) is 0 Å². The molecule has 3 rings (SSSR count). The summed E-state index contributed by atoms with van der Waals surface area (Å²) in [6.45, 7) is 2.23. The van der Waals surface area contributed by atoms with Gasteiger partial charge in [0.05, 0.1) is 25.4 Å². The largest absolute Gasteiger partial charge is 0.421 e. The van der Waals surface area contributed by atoms with E-state index in [9.17, 15) is 5.11 Å². The topological polar surface area (TPSA) is 80.9 Å². The maximum atomic E-state index is 10.5. The predicted molar refractivity (Wildman–Crippen MR) is 78.2 cm³/mol. The van der Waals surface area contributed by atoms with E-state index < -0.39 is 11.2 Å². The molecule has 22 heavy (non-hydrogen) atoms. The minimum Gasteiger partial charge on any atom is -0.421 e. The van der Waals surface area contributed by atoms with Crippen LogP contribution in [0.3, 0.4) is 0 Å². The van der Waals surface area contributed by atoms with Crippen LogP contribution in [0, 0.1) is 0 Å². The third kappa shape index (κ3) is 3.17. The van der Waals surface area contributed by atoms with Crippen LogP contribution in [0.5, 0.6) is 0 Å². The molecule has 1 saturated carbocycles. The Morgan fingerprint density at radius 3 is 2.68 bits per heavy atom. The lowest BCUT2D eigenvalue weighted by Gasteiger charge is -2.27. The Bertz CT molecular complexity index is 493. The molecule has 1 N–H and O–H groups in total. The molecule has 1 aliphatic carbocycles. The number of hydrogen-bond acceptors (Lipinski definition) is 7. The van der Waals surface area contributed by atoms with Crippen LogP contribution in [-0.4, -0.2) is 59.7 Å².